The van der Waals surface area contributed by atoms with Crippen LogP contribution in [0.2, 0.25) is 0 Å². The van der Waals surface area contributed by atoms with Crippen LogP contribution >= 0.6 is 0 Å². The molecule has 1 heterocycles. The number of hydrogen-bond acceptors (Lipinski definition) is 3. The Morgan fingerprint density at radius 2 is 1.58 bits per heavy atom. The van der Waals surface area contributed by atoms with Gasteiger partial charge < -0.3 is 10.2 Å². The minimum Gasteiger partial charge on any atom is -0.340 e. The van der Waals surface area contributed by atoms with Gasteiger partial charge in [-0.15, -0.1) is 0 Å². The highest BCUT2D eigenvalue weighted by molar-refractivity contribution is 5.88. The Morgan fingerprint density at radius 3 is 2.19 bits per heavy atom. The quantitative estimate of drug-likeness (QED) is 0.918. The molecule has 0 aromatic heterocycles. The zero-order valence-electron chi connectivity index (χ0n) is 15.4. The summed E-state index contributed by atoms with van der Waals surface area (Å²) in [6, 6.07) is 18.8. The first-order chi connectivity index (χ1) is 12.7. The van der Waals surface area contributed by atoms with Crippen LogP contribution < -0.4 is 5.32 Å². The molecule has 2 aliphatic rings. The van der Waals surface area contributed by atoms with Crippen molar-refractivity contribution in [1.29, 1.82) is 0 Å². The topological polar surface area (TPSA) is 35.6 Å². The molecule has 136 valence electrons. The van der Waals surface area contributed by atoms with E-state index in [9.17, 15) is 4.79 Å². The van der Waals surface area contributed by atoms with Crippen LogP contribution in [-0.4, -0.2) is 54.5 Å². The fraction of sp³-hybridized carbons (Fsp3) is 0.409. The van der Waals surface area contributed by atoms with Crippen molar-refractivity contribution in [1.82, 2.24) is 15.1 Å². The van der Waals surface area contributed by atoms with Gasteiger partial charge >= 0.3 is 0 Å². The summed E-state index contributed by atoms with van der Waals surface area (Å²) in [6.07, 6.45) is 1.64. The van der Waals surface area contributed by atoms with Crippen LogP contribution in [0.25, 0.3) is 0 Å². The molecule has 4 nitrogen and oxygen atoms in total. The van der Waals surface area contributed by atoms with Crippen LogP contribution in [0.3, 0.4) is 0 Å². The molecule has 0 saturated carbocycles. The van der Waals surface area contributed by atoms with E-state index in [1.54, 1.807) is 0 Å². The summed E-state index contributed by atoms with van der Waals surface area (Å²) in [5, 5.41) is 3.42. The lowest BCUT2D eigenvalue weighted by Gasteiger charge is -2.44. The summed E-state index contributed by atoms with van der Waals surface area (Å²) >= 11 is 0. The van der Waals surface area contributed by atoms with Gasteiger partial charge in [0.1, 0.15) is 5.54 Å². The van der Waals surface area contributed by atoms with Gasteiger partial charge in [0, 0.05) is 52.6 Å². The van der Waals surface area contributed by atoms with Crippen LogP contribution in [0.5, 0.6) is 0 Å². The van der Waals surface area contributed by atoms with Crippen molar-refractivity contribution in [2.24, 2.45) is 0 Å². The number of fused-ring (bicyclic) bond motifs is 1. The van der Waals surface area contributed by atoms with Gasteiger partial charge in [0.05, 0.1) is 0 Å². The molecule has 4 rings (SSSR count). The molecular formula is C22H27N3O. The number of carbonyl (C=O) groups is 1. The van der Waals surface area contributed by atoms with Crippen LogP contribution in [-0.2, 0) is 24.2 Å². The molecule has 1 saturated heterocycles. The number of amides is 1. The third-order valence-corrected chi connectivity index (χ3v) is 5.81. The van der Waals surface area contributed by atoms with Crippen molar-refractivity contribution in [2.75, 3.05) is 33.2 Å². The first kappa shape index (κ1) is 17.3. The summed E-state index contributed by atoms with van der Waals surface area (Å²) in [5.41, 5.74) is 3.39. The van der Waals surface area contributed by atoms with Gasteiger partial charge in [-0.1, -0.05) is 54.6 Å². The lowest BCUT2D eigenvalue weighted by molar-refractivity contribution is -0.144. The fourth-order valence-corrected chi connectivity index (χ4v) is 4.48. The molecule has 0 bridgehead atoms. The number of hydrogen-bond donors (Lipinski definition) is 1. The molecule has 1 amide bonds. The Labute approximate surface area is 155 Å². The van der Waals surface area contributed by atoms with Crippen molar-refractivity contribution >= 4 is 5.91 Å². The predicted molar refractivity (Wildman–Crippen MR) is 104 cm³/mol. The van der Waals surface area contributed by atoms with Crippen molar-refractivity contribution in [3.63, 3.8) is 0 Å². The predicted octanol–water partition coefficient (Wildman–Crippen LogP) is 2.09. The van der Waals surface area contributed by atoms with E-state index in [1.165, 1.54) is 16.7 Å². The zero-order chi connectivity index (χ0) is 18.0. The van der Waals surface area contributed by atoms with Crippen molar-refractivity contribution in [3.05, 3.63) is 71.3 Å². The third kappa shape index (κ3) is 3.15. The number of carbonyl (C=O) groups excluding carboxylic acids is 1. The summed E-state index contributed by atoms with van der Waals surface area (Å²) in [4.78, 5) is 18.0. The van der Waals surface area contributed by atoms with Gasteiger partial charge in [0.15, 0.2) is 0 Å². The molecule has 1 aliphatic heterocycles. The minimum atomic E-state index is -0.435. The molecule has 0 unspecified atom stereocenters. The molecule has 2 aromatic carbocycles. The molecular weight excluding hydrogens is 322 g/mol. The average molecular weight is 349 g/mol. The molecule has 4 heteroatoms. The van der Waals surface area contributed by atoms with Gasteiger partial charge in [-0.2, -0.15) is 0 Å². The maximum absolute atomic E-state index is 13.7. The van der Waals surface area contributed by atoms with Gasteiger partial charge in [-0.25, -0.2) is 0 Å². The second-order valence-corrected chi connectivity index (χ2v) is 7.54. The van der Waals surface area contributed by atoms with Gasteiger partial charge in [-0.05, 0) is 16.7 Å². The second kappa shape index (κ2) is 7.22. The first-order valence-electron chi connectivity index (χ1n) is 9.51. The molecule has 1 fully saturated rings. The third-order valence-electron chi connectivity index (χ3n) is 5.81. The van der Waals surface area contributed by atoms with E-state index in [0.29, 0.717) is 6.54 Å². The average Bonchev–Trinajstić information content (AvgIpc) is 3.09. The standard InChI is InChI=1S/C22H27N3O/c1-24(17-18-7-3-2-4-8-18)21(26)22(25-13-11-23-12-14-25)15-19-9-5-6-10-20(19)16-22/h2-10,23H,11-17H2,1H3. The highest BCUT2D eigenvalue weighted by Gasteiger charge is 2.49. The van der Waals surface area contributed by atoms with Gasteiger partial charge in [0.2, 0.25) is 5.91 Å². The molecule has 1 N–H and O–H groups in total. The largest absolute Gasteiger partial charge is 0.340 e. The Bertz CT molecular complexity index is 743. The van der Waals surface area contributed by atoms with Crippen LogP contribution in [0.1, 0.15) is 16.7 Å². The number of piperazine rings is 1. The SMILES string of the molecule is CN(Cc1ccccc1)C(=O)C1(N2CCNCC2)Cc2ccccc2C1. The van der Waals surface area contributed by atoms with Crippen molar-refractivity contribution < 1.29 is 4.79 Å². The maximum Gasteiger partial charge on any atom is 0.243 e. The summed E-state index contributed by atoms with van der Waals surface area (Å²) < 4.78 is 0. The Hall–Kier alpha value is -2.17. The number of likely N-dealkylation sites (N-methyl/N-ethyl adjacent to an activating group) is 1. The molecule has 0 atom stereocenters. The molecule has 26 heavy (non-hydrogen) atoms. The normalized spacial score (nSPS) is 19.1. The highest BCUT2D eigenvalue weighted by atomic mass is 16.2. The smallest absolute Gasteiger partial charge is 0.243 e. The highest BCUT2D eigenvalue weighted by Crippen LogP contribution is 2.36. The van der Waals surface area contributed by atoms with Gasteiger partial charge in [0.25, 0.3) is 0 Å². The lowest BCUT2D eigenvalue weighted by atomic mass is 9.90. The minimum absolute atomic E-state index is 0.249. The molecule has 2 aromatic rings. The van der Waals surface area contributed by atoms with E-state index < -0.39 is 5.54 Å². The Kier molecular flexibility index (Phi) is 4.79. The fourth-order valence-electron chi connectivity index (χ4n) is 4.48. The van der Waals surface area contributed by atoms with E-state index in [0.717, 1.165) is 39.0 Å². The van der Waals surface area contributed by atoms with Gasteiger partial charge in [-0.3, -0.25) is 9.69 Å². The van der Waals surface area contributed by atoms with Crippen LogP contribution in [0, 0.1) is 0 Å². The lowest BCUT2D eigenvalue weighted by Crippen LogP contribution is -2.63. The van der Waals surface area contributed by atoms with Crippen LogP contribution in [0.15, 0.2) is 54.6 Å². The summed E-state index contributed by atoms with van der Waals surface area (Å²) in [5.74, 6) is 0.249. The molecule has 0 radical (unpaired) electrons. The van der Waals surface area contributed by atoms with E-state index >= 15 is 0 Å². The first-order valence-corrected chi connectivity index (χ1v) is 9.51. The van der Waals surface area contributed by atoms with Crippen LogP contribution in [0.4, 0.5) is 0 Å². The van der Waals surface area contributed by atoms with Crippen molar-refractivity contribution in [3.8, 4) is 0 Å². The van der Waals surface area contributed by atoms with E-state index in [2.05, 4.69) is 46.6 Å². The molecule has 1 aliphatic carbocycles. The van der Waals surface area contributed by atoms with E-state index in [4.69, 9.17) is 0 Å². The second-order valence-electron chi connectivity index (χ2n) is 7.54. The summed E-state index contributed by atoms with van der Waals surface area (Å²) in [6.45, 7) is 4.42. The summed E-state index contributed by atoms with van der Waals surface area (Å²) in [7, 11) is 1.95. The number of nitrogens with one attached hydrogen (secondary N) is 1. The van der Waals surface area contributed by atoms with Crippen molar-refractivity contribution in [2.45, 2.75) is 24.9 Å². The van der Waals surface area contributed by atoms with E-state index in [-0.39, 0.29) is 5.91 Å². The number of benzene rings is 2. The van der Waals surface area contributed by atoms with E-state index in [1.807, 2.05) is 30.1 Å². The maximum atomic E-state index is 13.7. The Balaban J connectivity index is 1.62. The molecule has 0 spiro atoms. The number of nitrogens with zero attached hydrogens (tertiary/aromatic N) is 2. The zero-order valence-corrected chi connectivity index (χ0v) is 15.4. The monoisotopic (exact) mass is 349 g/mol. The Morgan fingerprint density at radius 1 is 1.00 bits per heavy atom. The number of rotatable bonds is 4.